The molecule has 8 nitrogen and oxygen atoms in total. The molecule has 160 valence electrons. The van der Waals surface area contributed by atoms with Crippen molar-refractivity contribution >= 4 is 11.6 Å². The first kappa shape index (κ1) is 20.7. The van der Waals surface area contributed by atoms with Crippen molar-refractivity contribution in [3.8, 4) is 11.1 Å². The molecule has 1 fully saturated rings. The summed E-state index contributed by atoms with van der Waals surface area (Å²) in [5, 5.41) is 17.0. The average Bonchev–Trinajstić information content (AvgIpc) is 3.41. The van der Waals surface area contributed by atoms with Crippen LogP contribution in [0.25, 0.3) is 11.1 Å². The second-order valence-corrected chi connectivity index (χ2v) is 7.41. The first-order valence-electron chi connectivity index (χ1n) is 10.1. The zero-order chi connectivity index (χ0) is 21.8. The Bertz CT molecular complexity index is 1090. The van der Waals surface area contributed by atoms with Crippen molar-refractivity contribution in [2.75, 3.05) is 20.3 Å². The number of rotatable bonds is 6. The number of oxime groups is 1. The van der Waals surface area contributed by atoms with Crippen LogP contribution in [0.2, 0.25) is 0 Å². The van der Waals surface area contributed by atoms with Gasteiger partial charge in [0.1, 0.15) is 13.2 Å². The topological polar surface area (TPSA) is 101 Å². The highest BCUT2D eigenvalue weighted by molar-refractivity contribution is 6.00. The number of aryl methyl sites for hydroxylation is 1. The highest BCUT2D eigenvalue weighted by Crippen LogP contribution is 2.32. The molecule has 1 N–H and O–H groups in total. The van der Waals surface area contributed by atoms with E-state index in [1.807, 2.05) is 36.4 Å². The molecule has 1 aliphatic heterocycles. The number of benzene rings is 2. The summed E-state index contributed by atoms with van der Waals surface area (Å²) in [6.45, 7) is 2.31. The monoisotopic (exact) mass is 420 g/mol. The lowest BCUT2D eigenvalue weighted by Crippen LogP contribution is -2.31. The van der Waals surface area contributed by atoms with Crippen molar-refractivity contribution in [3.63, 3.8) is 0 Å². The molecule has 1 aliphatic rings. The average molecular weight is 420 g/mol. The molecule has 1 atom stereocenters. The fourth-order valence-corrected chi connectivity index (χ4v) is 3.79. The highest BCUT2D eigenvalue weighted by Gasteiger charge is 2.38. The Hall–Kier alpha value is -3.52. The molecule has 0 spiro atoms. The SMILES string of the molecule is CON=C1C[C@@H](c2nc(CCO)no2)N(C(=O)c2ccc(-c3ccccc3C)cc2)C1. The van der Waals surface area contributed by atoms with E-state index < -0.39 is 6.04 Å². The number of nitrogens with zero attached hydrogens (tertiary/aromatic N) is 4. The molecule has 31 heavy (non-hydrogen) atoms. The van der Waals surface area contributed by atoms with Gasteiger partial charge >= 0.3 is 0 Å². The molecule has 0 bridgehead atoms. The molecule has 2 aromatic carbocycles. The Kier molecular flexibility index (Phi) is 6.08. The minimum atomic E-state index is -0.433. The second-order valence-electron chi connectivity index (χ2n) is 7.41. The van der Waals surface area contributed by atoms with Crippen LogP contribution in [0.5, 0.6) is 0 Å². The van der Waals surface area contributed by atoms with Gasteiger partial charge in [-0.15, -0.1) is 0 Å². The normalized spacial score (nSPS) is 17.3. The fourth-order valence-electron chi connectivity index (χ4n) is 3.79. The van der Waals surface area contributed by atoms with E-state index in [-0.39, 0.29) is 12.5 Å². The molecular weight excluding hydrogens is 396 g/mol. The highest BCUT2D eigenvalue weighted by atomic mass is 16.6. The quantitative estimate of drug-likeness (QED) is 0.615. The zero-order valence-corrected chi connectivity index (χ0v) is 17.5. The number of aliphatic hydroxyl groups excluding tert-OH is 1. The van der Waals surface area contributed by atoms with Crippen LogP contribution in [0.1, 0.15) is 40.1 Å². The zero-order valence-electron chi connectivity index (χ0n) is 17.5. The molecule has 1 aromatic heterocycles. The third-order valence-electron chi connectivity index (χ3n) is 5.33. The first-order valence-corrected chi connectivity index (χ1v) is 10.1. The van der Waals surface area contributed by atoms with Gasteiger partial charge in [0.2, 0.25) is 5.89 Å². The van der Waals surface area contributed by atoms with Crippen LogP contribution in [0.4, 0.5) is 0 Å². The van der Waals surface area contributed by atoms with Gasteiger partial charge in [0.15, 0.2) is 5.82 Å². The molecule has 0 saturated carbocycles. The van der Waals surface area contributed by atoms with Gasteiger partial charge in [-0.3, -0.25) is 4.79 Å². The summed E-state index contributed by atoms with van der Waals surface area (Å²) >= 11 is 0. The number of likely N-dealkylation sites (tertiary alicyclic amines) is 1. The van der Waals surface area contributed by atoms with Gasteiger partial charge < -0.3 is 19.4 Å². The lowest BCUT2D eigenvalue weighted by atomic mass is 9.99. The number of amides is 1. The third-order valence-corrected chi connectivity index (χ3v) is 5.33. The molecule has 1 amide bonds. The van der Waals surface area contributed by atoms with Gasteiger partial charge in [0.05, 0.1) is 18.9 Å². The van der Waals surface area contributed by atoms with Crippen LogP contribution in [-0.4, -0.2) is 52.0 Å². The van der Waals surface area contributed by atoms with Crippen LogP contribution < -0.4 is 0 Å². The van der Waals surface area contributed by atoms with Crippen molar-refractivity contribution in [2.24, 2.45) is 5.16 Å². The molecule has 2 heterocycles. The molecule has 0 unspecified atom stereocenters. The van der Waals surface area contributed by atoms with Gasteiger partial charge in [-0.1, -0.05) is 46.7 Å². The number of aromatic nitrogens is 2. The van der Waals surface area contributed by atoms with Gasteiger partial charge in [-0.2, -0.15) is 4.98 Å². The predicted octanol–water partition coefficient (Wildman–Crippen LogP) is 3.17. The smallest absolute Gasteiger partial charge is 0.254 e. The standard InChI is InChI=1S/C23H24N4O4/c1-15-5-3-4-6-19(15)16-7-9-17(10-8-16)23(29)27-14-18(25-30-2)13-20(27)22-24-21(11-12-28)26-31-22/h3-10,20,28H,11-14H2,1-2H3/t20-/m0/s1. The maximum absolute atomic E-state index is 13.3. The number of carbonyl (C=O) groups excluding carboxylic acids is 1. The van der Waals surface area contributed by atoms with Crippen molar-refractivity contribution in [1.82, 2.24) is 15.0 Å². The van der Waals surface area contributed by atoms with Gasteiger partial charge in [0, 0.05) is 18.4 Å². The first-order chi connectivity index (χ1) is 15.1. The fraction of sp³-hybridized carbons (Fsp3) is 0.304. The summed E-state index contributed by atoms with van der Waals surface area (Å²) in [5.41, 5.74) is 4.66. The summed E-state index contributed by atoms with van der Waals surface area (Å²) in [5.74, 6) is 0.587. The number of hydrogen-bond acceptors (Lipinski definition) is 7. The van der Waals surface area contributed by atoms with E-state index in [2.05, 4.69) is 34.4 Å². The number of carbonyl (C=O) groups is 1. The summed E-state index contributed by atoms with van der Waals surface area (Å²) in [7, 11) is 1.48. The summed E-state index contributed by atoms with van der Waals surface area (Å²) in [6.07, 6.45) is 0.741. The van der Waals surface area contributed by atoms with Gasteiger partial charge in [-0.05, 0) is 35.7 Å². The Balaban J connectivity index is 1.60. The van der Waals surface area contributed by atoms with Crippen molar-refractivity contribution in [2.45, 2.75) is 25.8 Å². The lowest BCUT2D eigenvalue weighted by molar-refractivity contribution is 0.0713. The maximum atomic E-state index is 13.3. The van der Waals surface area contributed by atoms with Gasteiger partial charge in [0.25, 0.3) is 5.91 Å². The molecule has 1 saturated heterocycles. The number of hydrogen-bond donors (Lipinski definition) is 1. The summed E-state index contributed by atoms with van der Waals surface area (Å²) in [6, 6.07) is 15.3. The van der Waals surface area contributed by atoms with E-state index in [0.717, 1.165) is 16.8 Å². The molecule has 4 rings (SSSR count). The largest absolute Gasteiger partial charge is 0.399 e. The Morgan fingerprint density at radius 3 is 2.74 bits per heavy atom. The van der Waals surface area contributed by atoms with E-state index in [9.17, 15) is 4.79 Å². The van der Waals surface area contributed by atoms with Crippen LogP contribution in [0, 0.1) is 6.92 Å². The van der Waals surface area contributed by atoms with Crippen LogP contribution >= 0.6 is 0 Å². The minimum Gasteiger partial charge on any atom is -0.399 e. The van der Waals surface area contributed by atoms with Crippen molar-refractivity contribution in [3.05, 3.63) is 71.4 Å². The Morgan fingerprint density at radius 2 is 2.03 bits per heavy atom. The van der Waals surface area contributed by atoms with Gasteiger partial charge in [-0.25, -0.2) is 0 Å². The lowest BCUT2D eigenvalue weighted by Gasteiger charge is -2.21. The minimum absolute atomic E-state index is 0.0735. The number of aliphatic hydroxyl groups is 1. The molecule has 0 radical (unpaired) electrons. The predicted molar refractivity (Wildman–Crippen MR) is 115 cm³/mol. The van der Waals surface area contributed by atoms with Crippen LogP contribution in [0.3, 0.4) is 0 Å². The van der Waals surface area contributed by atoms with E-state index in [0.29, 0.717) is 36.7 Å². The Labute approximate surface area is 180 Å². The van der Waals surface area contributed by atoms with E-state index in [1.165, 1.54) is 12.7 Å². The third kappa shape index (κ3) is 4.34. The second kappa shape index (κ2) is 9.09. The van der Waals surface area contributed by atoms with E-state index in [4.69, 9.17) is 14.5 Å². The van der Waals surface area contributed by atoms with E-state index in [1.54, 1.807) is 4.90 Å². The summed E-state index contributed by atoms with van der Waals surface area (Å²) in [4.78, 5) is 24.2. The van der Waals surface area contributed by atoms with Crippen LogP contribution in [-0.2, 0) is 11.3 Å². The molecule has 8 heteroatoms. The maximum Gasteiger partial charge on any atom is 0.254 e. The Morgan fingerprint density at radius 1 is 1.26 bits per heavy atom. The van der Waals surface area contributed by atoms with Crippen molar-refractivity contribution in [1.29, 1.82) is 0 Å². The van der Waals surface area contributed by atoms with E-state index >= 15 is 0 Å². The molecular formula is C23H24N4O4. The molecule has 0 aliphatic carbocycles. The summed E-state index contributed by atoms with van der Waals surface area (Å²) < 4.78 is 5.37. The van der Waals surface area contributed by atoms with Crippen molar-refractivity contribution < 1.29 is 19.3 Å². The molecule has 3 aromatic rings. The van der Waals surface area contributed by atoms with Crippen LogP contribution in [0.15, 0.2) is 58.2 Å².